The third-order valence-electron chi connectivity index (χ3n) is 7.15. The summed E-state index contributed by atoms with van der Waals surface area (Å²) < 4.78 is 9.81. The monoisotopic (exact) mass is 572 g/mol. The van der Waals surface area contributed by atoms with Crippen LogP contribution in [0.5, 0.6) is 0 Å². The summed E-state index contributed by atoms with van der Waals surface area (Å²) in [6, 6.07) is 7.36. The van der Waals surface area contributed by atoms with Gasteiger partial charge in [0, 0.05) is 31.6 Å². The number of imidazole rings is 1. The van der Waals surface area contributed by atoms with Gasteiger partial charge in [-0.05, 0) is 53.5 Å². The Hall–Kier alpha value is -4.66. The van der Waals surface area contributed by atoms with Crippen LogP contribution >= 0.6 is 0 Å². The molecular formula is C30H36N8O4. The van der Waals surface area contributed by atoms with E-state index in [9.17, 15) is 14.4 Å². The van der Waals surface area contributed by atoms with Crippen LogP contribution in [-0.2, 0) is 24.9 Å². The number of hydrogen-bond donors (Lipinski definition) is 1. The number of alkyl carbamates (subject to hydrolysis) is 1. The van der Waals surface area contributed by atoms with Crippen molar-refractivity contribution in [2.75, 3.05) is 18.0 Å². The molecule has 1 atom stereocenters. The number of amides is 1. The predicted molar refractivity (Wildman–Crippen MR) is 161 cm³/mol. The smallest absolute Gasteiger partial charge is 0.407 e. The van der Waals surface area contributed by atoms with E-state index in [0.29, 0.717) is 30.6 Å². The summed E-state index contributed by atoms with van der Waals surface area (Å²) in [5.41, 5.74) is 0.332. The lowest BCUT2D eigenvalue weighted by Gasteiger charge is -2.34. The molecule has 12 nitrogen and oxygen atoms in total. The SMILES string of the molecule is CC#CCn1c(N2CCC[C@@H](NC(=O)OC(C)(C)C)C2)nc2c1c(=O)n(Cc1nc(C)nc3ccccc13)c(=O)n2C. The van der Waals surface area contributed by atoms with Gasteiger partial charge in [-0.15, -0.1) is 5.92 Å². The zero-order chi connectivity index (χ0) is 30.2. The van der Waals surface area contributed by atoms with Crippen LogP contribution in [0.2, 0.25) is 0 Å². The third kappa shape index (κ3) is 5.72. The molecule has 42 heavy (non-hydrogen) atoms. The van der Waals surface area contributed by atoms with Crippen molar-refractivity contribution < 1.29 is 9.53 Å². The van der Waals surface area contributed by atoms with Gasteiger partial charge in [0.15, 0.2) is 11.2 Å². The van der Waals surface area contributed by atoms with Crippen LogP contribution < -0.4 is 21.5 Å². The minimum atomic E-state index is -0.604. The van der Waals surface area contributed by atoms with Crippen molar-refractivity contribution in [1.82, 2.24) is 34.0 Å². The van der Waals surface area contributed by atoms with E-state index in [4.69, 9.17) is 9.72 Å². The van der Waals surface area contributed by atoms with Crippen molar-refractivity contribution in [3.05, 3.63) is 56.6 Å². The first-order chi connectivity index (χ1) is 20.0. The summed E-state index contributed by atoms with van der Waals surface area (Å²) in [6.45, 7) is 10.3. The minimum Gasteiger partial charge on any atom is -0.444 e. The fraction of sp³-hybridized carbons (Fsp3) is 0.467. The molecule has 1 aromatic carbocycles. The largest absolute Gasteiger partial charge is 0.444 e. The number of anilines is 1. The summed E-state index contributed by atoms with van der Waals surface area (Å²) in [5, 5.41) is 3.74. The number of nitrogens with zero attached hydrogens (tertiary/aromatic N) is 7. The van der Waals surface area contributed by atoms with Crippen molar-refractivity contribution in [1.29, 1.82) is 0 Å². The fourth-order valence-corrected chi connectivity index (χ4v) is 5.34. The molecule has 1 aliphatic heterocycles. The average Bonchev–Trinajstić information content (AvgIpc) is 3.31. The van der Waals surface area contributed by atoms with Crippen molar-refractivity contribution in [2.45, 2.75) is 72.2 Å². The summed E-state index contributed by atoms with van der Waals surface area (Å²) in [5.74, 6) is 7.03. The number of piperidine rings is 1. The van der Waals surface area contributed by atoms with Gasteiger partial charge >= 0.3 is 11.8 Å². The zero-order valence-corrected chi connectivity index (χ0v) is 24.9. The Kier molecular flexibility index (Phi) is 7.77. The summed E-state index contributed by atoms with van der Waals surface area (Å²) >= 11 is 0. The summed E-state index contributed by atoms with van der Waals surface area (Å²) in [7, 11) is 1.61. The number of nitrogens with one attached hydrogen (secondary N) is 1. The number of aromatic nitrogens is 6. The van der Waals surface area contributed by atoms with Crippen LogP contribution in [0.1, 0.15) is 52.1 Å². The molecule has 3 aromatic heterocycles. The van der Waals surface area contributed by atoms with Gasteiger partial charge in [0.05, 0.1) is 24.3 Å². The number of ether oxygens (including phenoxy) is 1. The highest BCUT2D eigenvalue weighted by molar-refractivity contribution is 5.81. The van der Waals surface area contributed by atoms with Crippen molar-refractivity contribution in [3.8, 4) is 11.8 Å². The number of para-hydroxylation sites is 1. The van der Waals surface area contributed by atoms with E-state index in [1.54, 1.807) is 25.5 Å². The molecule has 0 saturated carbocycles. The minimum absolute atomic E-state index is 0.0170. The second-order valence-electron chi connectivity index (χ2n) is 11.5. The second kappa shape index (κ2) is 11.3. The average molecular weight is 573 g/mol. The number of hydrogen-bond acceptors (Lipinski definition) is 8. The standard InChI is InChI=1S/C30H36N8O4/c1-7-8-16-37-24-25(34-27(37)36-15-11-12-20(17-36)33-28(40)42-30(3,4)5)35(6)29(41)38(26(24)39)18-23-21-13-9-10-14-22(21)31-19(2)32-23/h9-10,13-14,20H,11-12,15-18H2,1-6H3,(H,33,40)/t20-/m1/s1. The van der Waals surface area contributed by atoms with E-state index in [2.05, 4.69) is 27.1 Å². The third-order valence-corrected chi connectivity index (χ3v) is 7.15. The molecule has 0 bridgehead atoms. The molecular weight excluding hydrogens is 536 g/mol. The quantitative estimate of drug-likeness (QED) is 0.362. The van der Waals surface area contributed by atoms with Crippen LogP contribution in [0.25, 0.3) is 22.1 Å². The number of rotatable bonds is 5. The molecule has 0 unspecified atom stereocenters. The van der Waals surface area contributed by atoms with Gasteiger partial charge in [0.2, 0.25) is 5.95 Å². The molecule has 220 valence electrons. The fourth-order valence-electron chi connectivity index (χ4n) is 5.34. The lowest BCUT2D eigenvalue weighted by atomic mass is 10.1. The van der Waals surface area contributed by atoms with Crippen molar-refractivity contribution in [3.63, 3.8) is 0 Å². The Balaban J connectivity index is 1.58. The van der Waals surface area contributed by atoms with Crippen molar-refractivity contribution >= 4 is 34.1 Å². The normalized spacial score (nSPS) is 15.5. The van der Waals surface area contributed by atoms with Crippen LogP contribution in [0, 0.1) is 18.8 Å². The van der Waals surface area contributed by atoms with E-state index >= 15 is 0 Å². The number of carbonyl (C=O) groups excluding carboxylic acids is 1. The number of fused-ring (bicyclic) bond motifs is 2. The molecule has 1 fully saturated rings. The van der Waals surface area contributed by atoms with Gasteiger partial charge in [-0.1, -0.05) is 24.1 Å². The van der Waals surface area contributed by atoms with E-state index in [1.165, 1.54) is 9.13 Å². The molecule has 4 aromatic rings. The second-order valence-corrected chi connectivity index (χ2v) is 11.5. The van der Waals surface area contributed by atoms with E-state index in [-0.39, 0.29) is 30.3 Å². The van der Waals surface area contributed by atoms with Gasteiger partial charge in [0.1, 0.15) is 11.4 Å². The van der Waals surface area contributed by atoms with Gasteiger partial charge in [0.25, 0.3) is 5.56 Å². The van der Waals surface area contributed by atoms with Crippen molar-refractivity contribution in [2.24, 2.45) is 7.05 Å². The molecule has 1 amide bonds. The molecule has 5 rings (SSSR count). The van der Waals surface area contributed by atoms with E-state index in [0.717, 1.165) is 23.7 Å². The summed E-state index contributed by atoms with van der Waals surface area (Å²) in [4.78, 5) is 55.9. The maximum atomic E-state index is 14.1. The van der Waals surface area contributed by atoms with Crippen LogP contribution in [0.15, 0.2) is 33.9 Å². The molecule has 0 spiro atoms. The Bertz CT molecular complexity index is 1850. The van der Waals surface area contributed by atoms with Crippen LogP contribution in [0.4, 0.5) is 10.7 Å². The highest BCUT2D eigenvalue weighted by Gasteiger charge is 2.29. The first kappa shape index (κ1) is 28.9. The topological polar surface area (TPSA) is 129 Å². The lowest BCUT2D eigenvalue weighted by molar-refractivity contribution is 0.0499. The number of carbonyl (C=O) groups is 1. The lowest BCUT2D eigenvalue weighted by Crippen LogP contribution is -2.49. The van der Waals surface area contributed by atoms with Gasteiger partial charge < -0.3 is 15.0 Å². The summed E-state index contributed by atoms with van der Waals surface area (Å²) in [6.07, 6.45) is 1.10. The van der Waals surface area contributed by atoms with E-state index in [1.807, 2.05) is 49.9 Å². The Morgan fingerprint density at radius 2 is 1.90 bits per heavy atom. The van der Waals surface area contributed by atoms with Gasteiger partial charge in [-0.3, -0.25) is 18.5 Å². The Labute approximate surface area is 243 Å². The maximum Gasteiger partial charge on any atom is 0.407 e. The first-order valence-electron chi connectivity index (χ1n) is 14.0. The maximum absolute atomic E-state index is 14.1. The number of aryl methyl sites for hydroxylation is 2. The first-order valence-corrected chi connectivity index (χ1v) is 14.0. The molecule has 0 radical (unpaired) electrons. The molecule has 1 aliphatic rings. The molecule has 4 heterocycles. The van der Waals surface area contributed by atoms with Gasteiger partial charge in [-0.25, -0.2) is 19.6 Å². The molecule has 0 aliphatic carbocycles. The number of benzene rings is 1. The van der Waals surface area contributed by atoms with Crippen LogP contribution in [0.3, 0.4) is 0 Å². The Morgan fingerprint density at radius 3 is 2.64 bits per heavy atom. The van der Waals surface area contributed by atoms with E-state index < -0.39 is 22.9 Å². The highest BCUT2D eigenvalue weighted by Crippen LogP contribution is 2.24. The molecule has 12 heteroatoms. The zero-order valence-electron chi connectivity index (χ0n) is 24.9. The van der Waals surface area contributed by atoms with Gasteiger partial charge in [-0.2, -0.15) is 4.98 Å². The predicted octanol–water partition coefficient (Wildman–Crippen LogP) is 2.71. The highest BCUT2D eigenvalue weighted by atomic mass is 16.6. The van der Waals surface area contributed by atoms with Crippen LogP contribution in [-0.4, -0.2) is 59.5 Å². The molecule has 1 saturated heterocycles. The molecule has 1 N–H and O–H groups in total. The Morgan fingerprint density at radius 1 is 1.14 bits per heavy atom.